The van der Waals surface area contributed by atoms with E-state index in [2.05, 4.69) is 32.2 Å². The number of furan rings is 1. The van der Waals surface area contributed by atoms with Gasteiger partial charge >= 0.3 is 0 Å². The van der Waals surface area contributed by atoms with E-state index in [0.717, 1.165) is 24.8 Å². The van der Waals surface area contributed by atoms with Crippen LogP contribution in [0.15, 0.2) is 16.7 Å². The topological polar surface area (TPSA) is 34.4 Å². The third kappa shape index (κ3) is 5.48. The Hall–Kier alpha value is -0.800. The van der Waals surface area contributed by atoms with Crippen molar-refractivity contribution >= 4 is 0 Å². The molecule has 1 aromatic heterocycles. The summed E-state index contributed by atoms with van der Waals surface area (Å²) in [5.41, 5.74) is 1.23. The Morgan fingerprint density at radius 3 is 3.00 bits per heavy atom. The van der Waals surface area contributed by atoms with Crippen molar-refractivity contribution in [1.82, 2.24) is 5.32 Å². The van der Waals surface area contributed by atoms with E-state index in [1.54, 1.807) is 6.26 Å². The highest BCUT2D eigenvalue weighted by Gasteiger charge is 2.21. The van der Waals surface area contributed by atoms with Crippen molar-refractivity contribution in [2.45, 2.75) is 72.1 Å². The van der Waals surface area contributed by atoms with Gasteiger partial charge in [0.1, 0.15) is 12.4 Å². The van der Waals surface area contributed by atoms with Gasteiger partial charge in [0.15, 0.2) is 0 Å². The zero-order valence-electron chi connectivity index (χ0n) is 13.9. The minimum atomic E-state index is 0.422. The monoisotopic (exact) mass is 293 g/mol. The molecule has 21 heavy (non-hydrogen) atoms. The molecule has 2 rings (SSSR count). The molecule has 2 atom stereocenters. The van der Waals surface area contributed by atoms with Gasteiger partial charge in [-0.3, -0.25) is 0 Å². The lowest BCUT2D eigenvalue weighted by atomic mass is 9.85. The zero-order chi connectivity index (χ0) is 15.1. The van der Waals surface area contributed by atoms with Gasteiger partial charge in [0, 0.05) is 12.1 Å². The summed E-state index contributed by atoms with van der Waals surface area (Å²) in [5.74, 6) is 2.52. The average Bonchev–Trinajstić information content (AvgIpc) is 2.92. The third-order valence-electron chi connectivity index (χ3n) is 4.47. The van der Waals surface area contributed by atoms with Gasteiger partial charge in [0.25, 0.3) is 0 Å². The lowest BCUT2D eigenvalue weighted by Gasteiger charge is -2.28. The van der Waals surface area contributed by atoms with Crippen LogP contribution in [0.4, 0.5) is 0 Å². The molecule has 0 radical (unpaired) electrons. The molecule has 0 bridgehead atoms. The summed E-state index contributed by atoms with van der Waals surface area (Å²) >= 11 is 0. The molecule has 3 heteroatoms. The lowest BCUT2D eigenvalue weighted by molar-refractivity contribution is -0.00573. The van der Waals surface area contributed by atoms with Gasteiger partial charge < -0.3 is 14.5 Å². The number of hydrogen-bond acceptors (Lipinski definition) is 3. The second kappa shape index (κ2) is 8.60. The van der Waals surface area contributed by atoms with Gasteiger partial charge in [-0.15, -0.1) is 0 Å². The Kier molecular flexibility index (Phi) is 6.78. The van der Waals surface area contributed by atoms with Crippen LogP contribution in [0.1, 0.15) is 64.2 Å². The van der Waals surface area contributed by atoms with Crippen molar-refractivity contribution in [3.05, 3.63) is 23.7 Å². The smallest absolute Gasteiger partial charge is 0.133 e. The van der Waals surface area contributed by atoms with E-state index in [0.29, 0.717) is 18.6 Å². The number of hydrogen-bond donors (Lipinski definition) is 1. The molecule has 1 saturated carbocycles. The molecular weight excluding hydrogens is 262 g/mol. The van der Waals surface area contributed by atoms with E-state index in [9.17, 15) is 0 Å². The molecule has 0 saturated heterocycles. The summed E-state index contributed by atoms with van der Waals surface area (Å²) < 4.78 is 11.7. The van der Waals surface area contributed by atoms with Crippen LogP contribution in [0.25, 0.3) is 0 Å². The first-order chi connectivity index (χ1) is 10.2. The predicted molar refractivity (Wildman–Crippen MR) is 86.1 cm³/mol. The van der Waals surface area contributed by atoms with Gasteiger partial charge in [-0.05, 0) is 37.3 Å². The van der Waals surface area contributed by atoms with Crippen LogP contribution in [0.3, 0.4) is 0 Å². The van der Waals surface area contributed by atoms with Crippen LogP contribution in [0.2, 0.25) is 0 Å². The average molecular weight is 293 g/mol. The molecule has 1 aliphatic rings. The maximum Gasteiger partial charge on any atom is 0.133 e. The number of rotatable bonds is 8. The minimum Gasteiger partial charge on any atom is -0.467 e. The molecule has 120 valence electrons. The summed E-state index contributed by atoms with van der Waals surface area (Å²) in [6.45, 7) is 9.26. The molecule has 0 spiro atoms. The Morgan fingerprint density at radius 2 is 2.24 bits per heavy atom. The highest BCUT2D eigenvalue weighted by molar-refractivity contribution is 5.16. The van der Waals surface area contributed by atoms with Crippen molar-refractivity contribution in [2.24, 2.45) is 11.8 Å². The van der Waals surface area contributed by atoms with Crippen LogP contribution in [-0.4, -0.2) is 12.6 Å². The van der Waals surface area contributed by atoms with Crippen molar-refractivity contribution < 1.29 is 9.15 Å². The molecule has 2 unspecified atom stereocenters. The standard InChI is InChI=1S/C18H31NO2/c1-4-15-6-5-7-17(10-15)21-13-18-16(8-9-20-18)12-19-11-14(2)3/h8-9,14-15,17,19H,4-7,10-13H2,1-3H3. The quantitative estimate of drug-likeness (QED) is 0.765. The summed E-state index contributed by atoms with van der Waals surface area (Å²) in [5, 5.41) is 3.47. The van der Waals surface area contributed by atoms with Crippen LogP contribution < -0.4 is 5.32 Å². The van der Waals surface area contributed by atoms with Gasteiger partial charge in [0.05, 0.1) is 12.4 Å². The number of nitrogens with one attached hydrogen (secondary N) is 1. The largest absolute Gasteiger partial charge is 0.467 e. The Balaban J connectivity index is 1.76. The molecule has 0 aliphatic heterocycles. The SMILES string of the molecule is CCC1CCCC(OCc2occc2CNCC(C)C)C1. The van der Waals surface area contributed by atoms with Gasteiger partial charge in [-0.25, -0.2) is 0 Å². The maximum absolute atomic E-state index is 6.11. The van der Waals surface area contributed by atoms with Gasteiger partial charge in [0.2, 0.25) is 0 Å². The van der Waals surface area contributed by atoms with Crippen LogP contribution >= 0.6 is 0 Å². The molecule has 0 aromatic carbocycles. The molecule has 1 heterocycles. The van der Waals surface area contributed by atoms with E-state index in [-0.39, 0.29) is 0 Å². The molecular formula is C18H31NO2. The molecule has 1 N–H and O–H groups in total. The van der Waals surface area contributed by atoms with E-state index in [1.807, 2.05) is 0 Å². The minimum absolute atomic E-state index is 0.422. The molecule has 1 aliphatic carbocycles. The normalized spacial score (nSPS) is 22.9. The fourth-order valence-corrected chi connectivity index (χ4v) is 3.10. The van der Waals surface area contributed by atoms with E-state index >= 15 is 0 Å². The second-order valence-electron chi connectivity index (χ2n) is 6.77. The second-order valence-corrected chi connectivity index (χ2v) is 6.77. The highest BCUT2D eigenvalue weighted by Crippen LogP contribution is 2.29. The predicted octanol–water partition coefficient (Wildman–Crippen LogP) is 4.51. The third-order valence-corrected chi connectivity index (χ3v) is 4.47. The van der Waals surface area contributed by atoms with Gasteiger partial charge in [-0.1, -0.05) is 40.0 Å². The highest BCUT2D eigenvalue weighted by atomic mass is 16.5. The first-order valence-electron chi connectivity index (χ1n) is 8.56. The molecule has 3 nitrogen and oxygen atoms in total. The van der Waals surface area contributed by atoms with Crippen LogP contribution in [-0.2, 0) is 17.9 Å². The van der Waals surface area contributed by atoms with E-state index in [1.165, 1.54) is 37.7 Å². The first kappa shape index (κ1) is 16.6. The number of ether oxygens (including phenoxy) is 1. The molecule has 1 fully saturated rings. The summed E-state index contributed by atoms with van der Waals surface area (Å²) in [4.78, 5) is 0. The zero-order valence-corrected chi connectivity index (χ0v) is 13.9. The summed E-state index contributed by atoms with van der Waals surface area (Å²) in [6, 6.07) is 2.06. The van der Waals surface area contributed by atoms with Crippen LogP contribution in [0, 0.1) is 11.8 Å². The first-order valence-corrected chi connectivity index (χ1v) is 8.56. The fraction of sp³-hybridized carbons (Fsp3) is 0.778. The van der Waals surface area contributed by atoms with E-state index < -0.39 is 0 Å². The Morgan fingerprint density at radius 1 is 1.38 bits per heavy atom. The van der Waals surface area contributed by atoms with Crippen molar-refractivity contribution in [3.8, 4) is 0 Å². The summed E-state index contributed by atoms with van der Waals surface area (Å²) in [6.07, 6.45) is 8.60. The lowest BCUT2D eigenvalue weighted by Crippen LogP contribution is -2.23. The van der Waals surface area contributed by atoms with Crippen molar-refractivity contribution in [2.75, 3.05) is 6.54 Å². The molecule has 1 aromatic rings. The maximum atomic E-state index is 6.11. The van der Waals surface area contributed by atoms with E-state index in [4.69, 9.17) is 9.15 Å². The Labute approximate surface area is 129 Å². The summed E-state index contributed by atoms with van der Waals surface area (Å²) in [7, 11) is 0. The molecule has 0 amide bonds. The fourth-order valence-electron chi connectivity index (χ4n) is 3.10. The van der Waals surface area contributed by atoms with Crippen LogP contribution in [0.5, 0.6) is 0 Å². The van der Waals surface area contributed by atoms with Crippen molar-refractivity contribution in [1.29, 1.82) is 0 Å². The van der Waals surface area contributed by atoms with Crippen molar-refractivity contribution in [3.63, 3.8) is 0 Å². The Bertz CT molecular complexity index is 400. The van der Waals surface area contributed by atoms with Gasteiger partial charge in [-0.2, -0.15) is 0 Å².